The van der Waals surface area contributed by atoms with E-state index in [1.807, 2.05) is 37.1 Å². The molecule has 0 aliphatic carbocycles. The van der Waals surface area contributed by atoms with Crippen molar-refractivity contribution < 1.29 is 0 Å². The molecule has 0 aromatic carbocycles. The molecule has 0 saturated carbocycles. The van der Waals surface area contributed by atoms with E-state index in [1.54, 1.807) is 6.20 Å². The van der Waals surface area contributed by atoms with Crippen molar-refractivity contribution in [2.24, 2.45) is 7.05 Å². The molecule has 5 nitrogen and oxygen atoms in total. The molecule has 108 valence electrons. The van der Waals surface area contributed by atoms with Gasteiger partial charge in [0.2, 0.25) is 0 Å². The first-order valence-corrected chi connectivity index (χ1v) is 7.12. The summed E-state index contributed by atoms with van der Waals surface area (Å²) in [7, 11) is 1.92. The zero-order chi connectivity index (χ0) is 14.7. The van der Waals surface area contributed by atoms with Gasteiger partial charge in [0.25, 0.3) is 0 Å². The van der Waals surface area contributed by atoms with Crippen molar-refractivity contribution in [1.29, 1.82) is 0 Å². The Bertz CT molecular complexity index is 733. The topological polar surface area (TPSA) is 55.6 Å². The minimum absolute atomic E-state index is 0.817. The van der Waals surface area contributed by atoms with Crippen LogP contribution in [0.25, 0.3) is 11.0 Å². The summed E-state index contributed by atoms with van der Waals surface area (Å²) >= 11 is 0. The molecule has 0 bridgehead atoms. The van der Waals surface area contributed by atoms with Crippen LogP contribution in [0.3, 0.4) is 0 Å². The summed E-state index contributed by atoms with van der Waals surface area (Å²) in [6.45, 7) is 3.76. The lowest BCUT2D eigenvalue weighted by Crippen LogP contribution is -2.16. The highest BCUT2D eigenvalue weighted by Gasteiger charge is 2.06. The largest absolute Gasteiger partial charge is 0.312 e. The lowest BCUT2D eigenvalue weighted by molar-refractivity contribution is 0.684. The summed E-state index contributed by atoms with van der Waals surface area (Å²) in [6.07, 6.45) is 6.61. The monoisotopic (exact) mass is 281 g/mol. The molecule has 3 aromatic heterocycles. The summed E-state index contributed by atoms with van der Waals surface area (Å²) in [5, 5.41) is 8.97. The van der Waals surface area contributed by atoms with Gasteiger partial charge in [0.05, 0.1) is 5.69 Å². The minimum Gasteiger partial charge on any atom is -0.312 e. The Morgan fingerprint density at radius 1 is 1.24 bits per heavy atom. The normalized spacial score (nSPS) is 11.1. The fourth-order valence-corrected chi connectivity index (χ4v) is 2.46. The van der Waals surface area contributed by atoms with Crippen LogP contribution in [0, 0.1) is 6.92 Å². The predicted molar refractivity (Wildman–Crippen MR) is 82.9 cm³/mol. The molecule has 21 heavy (non-hydrogen) atoms. The molecule has 5 heteroatoms. The first kappa shape index (κ1) is 13.7. The van der Waals surface area contributed by atoms with Gasteiger partial charge >= 0.3 is 0 Å². The van der Waals surface area contributed by atoms with E-state index < -0.39 is 0 Å². The summed E-state index contributed by atoms with van der Waals surface area (Å²) in [4.78, 5) is 8.61. The lowest BCUT2D eigenvalue weighted by Gasteiger charge is -2.05. The summed E-state index contributed by atoms with van der Waals surface area (Å²) in [5.41, 5.74) is 4.40. The van der Waals surface area contributed by atoms with Crippen molar-refractivity contribution in [2.75, 3.05) is 6.54 Å². The Kier molecular flexibility index (Phi) is 3.92. The Morgan fingerprint density at radius 2 is 2.14 bits per heavy atom. The van der Waals surface area contributed by atoms with Crippen molar-refractivity contribution in [1.82, 2.24) is 25.1 Å². The van der Waals surface area contributed by atoms with E-state index in [2.05, 4.69) is 32.5 Å². The van der Waals surface area contributed by atoms with E-state index in [4.69, 9.17) is 0 Å². The third kappa shape index (κ3) is 3.08. The van der Waals surface area contributed by atoms with Crippen LogP contribution in [0.4, 0.5) is 0 Å². The SMILES string of the molecule is Cc1nn(C)c2ncc(CNCCc3cccnc3)cc12. The maximum absolute atomic E-state index is 4.49. The van der Waals surface area contributed by atoms with Crippen LogP contribution < -0.4 is 5.32 Å². The molecule has 0 atom stereocenters. The molecule has 0 aliphatic heterocycles. The first-order valence-electron chi connectivity index (χ1n) is 7.12. The molecule has 0 amide bonds. The zero-order valence-corrected chi connectivity index (χ0v) is 12.4. The highest BCUT2D eigenvalue weighted by atomic mass is 15.3. The maximum atomic E-state index is 4.49. The molecule has 0 saturated heterocycles. The molecular formula is C16H19N5. The van der Waals surface area contributed by atoms with Gasteiger partial charge in [-0.3, -0.25) is 9.67 Å². The standard InChI is InChI=1S/C16H19N5/c1-12-15-8-14(11-19-16(15)21(2)20-12)10-18-7-5-13-4-3-6-17-9-13/h3-4,6,8-9,11,18H,5,7,10H2,1-2H3. The second kappa shape index (κ2) is 6.01. The number of nitrogens with zero attached hydrogens (tertiary/aromatic N) is 4. The average Bonchev–Trinajstić information content (AvgIpc) is 2.79. The highest BCUT2D eigenvalue weighted by Crippen LogP contribution is 2.16. The van der Waals surface area contributed by atoms with Gasteiger partial charge in [0.1, 0.15) is 0 Å². The fourth-order valence-electron chi connectivity index (χ4n) is 2.46. The third-order valence-corrected chi connectivity index (χ3v) is 3.56. The van der Waals surface area contributed by atoms with Gasteiger partial charge in [-0.05, 0) is 43.1 Å². The molecular weight excluding hydrogens is 262 g/mol. The third-order valence-electron chi connectivity index (χ3n) is 3.56. The summed E-state index contributed by atoms with van der Waals surface area (Å²) in [6, 6.07) is 6.24. The molecule has 0 aliphatic rings. The van der Waals surface area contributed by atoms with E-state index in [1.165, 1.54) is 11.1 Å². The first-order chi connectivity index (χ1) is 10.2. The van der Waals surface area contributed by atoms with Crippen molar-refractivity contribution in [3.63, 3.8) is 0 Å². The molecule has 0 radical (unpaired) electrons. The van der Waals surface area contributed by atoms with Crippen molar-refractivity contribution in [2.45, 2.75) is 19.9 Å². The highest BCUT2D eigenvalue weighted by molar-refractivity contribution is 5.78. The Hall–Kier alpha value is -2.27. The lowest BCUT2D eigenvalue weighted by atomic mass is 10.2. The van der Waals surface area contributed by atoms with Crippen molar-refractivity contribution in [3.8, 4) is 0 Å². The zero-order valence-electron chi connectivity index (χ0n) is 12.4. The van der Waals surface area contributed by atoms with Crippen LogP contribution in [0.15, 0.2) is 36.8 Å². The predicted octanol–water partition coefficient (Wildman–Crippen LogP) is 2.00. The molecule has 3 aromatic rings. The van der Waals surface area contributed by atoms with E-state index in [0.29, 0.717) is 0 Å². The quantitative estimate of drug-likeness (QED) is 0.727. The van der Waals surface area contributed by atoms with Gasteiger partial charge < -0.3 is 5.32 Å². The smallest absolute Gasteiger partial charge is 0.157 e. The van der Waals surface area contributed by atoms with Crippen LogP contribution in [0.5, 0.6) is 0 Å². The fraction of sp³-hybridized carbons (Fsp3) is 0.312. The van der Waals surface area contributed by atoms with E-state index >= 15 is 0 Å². The molecule has 3 heterocycles. The number of nitrogens with one attached hydrogen (secondary N) is 1. The molecule has 1 N–H and O–H groups in total. The second-order valence-electron chi connectivity index (χ2n) is 5.21. The number of hydrogen-bond acceptors (Lipinski definition) is 4. The van der Waals surface area contributed by atoms with Crippen LogP contribution in [-0.2, 0) is 20.0 Å². The Balaban J connectivity index is 1.59. The number of rotatable bonds is 5. The van der Waals surface area contributed by atoms with Crippen LogP contribution in [0.2, 0.25) is 0 Å². The minimum atomic E-state index is 0.817. The van der Waals surface area contributed by atoms with Gasteiger partial charge in [-0.2, -0.15) is 5.10 Å². The number of hydrogen-bond donors (Lipinski definition) is 1. The van der Waals surface area contributed by atoms with E-state index in [9.17, 15) is 0 Å². The van der Waals surface area contributed by atoms with Gasteiger partial charge in [-0.25, -0.2) is 4.98 Å². The maximum Gasteiger partial charge on any atom is 0.157 e. The number of aryl methyl sites for hydroxylation is 2. The molecule has 3 rings (SSSR count). The number of pyridine rings is 2. The molecule has 0 spiro atoms. The van der Waals surface area contributed by atoms with Gasteiger partial charge in [0.15, 0.2) is 5.65 Å². The van der Waals surface area contributed by atoms with Gasteiger partial charge in [-0.15, -0.1) is 0 Å². The van der Waals surface area contributed by atoms with E-state index in [0.717, 1.165) is 36.2 Å². The number of aromatic nitrogens is 4. The summed E-state index contributed by atoms with van der Waals surface area (Å²) in [5.74, 6) is 0. The van der Waals surface area contributed by atoms with Crippen molar-refractivity contribution in [3.05, 3.63) is 53.6 Å². The number of fused-ring (bicyclic) bond motifs is 1. The van der Waals surface area contributed by atoms with E-state index in [-0.39, 0.29) is 0 Å². The Labute approximate surface area is 124 Å². The molecule has 0 unspecified atom stereocenters. The average molecular weight is 281 g/mol. The Morgan fingerprint density at radius 3 is 2.95 bits per heavy atom. The second-order valence-corrected chi connectivity index (χ2v) is 5.21. The van der Waals surface area contributed by atoms with Crippen LogP contribution in [-0.4, -0.2) is 26.3 Å². The summed E-state index contributed by atoms with van der Waals surface area (Å²) < 4.78 is 1.82. The molecule has 0 fully saturated rings. The van der Waals surface area contributed by atoms with Crippen LogP contribution in [0.1, 0.15) is 16.8 Å². The van der Waals surface area contributed by atoms with Crippen LogP contribution >= 0.6 is 0 Å². The van der Waals surface area contributed by atoms with Gasteiger partial charge in [0, 0.05) is 37.6 Å². The van der Waals surface area contributed by atoms with Crippen molar-refractivity contribution >= 4 is 11.0 Å². The van der Waals surface area contributed by atoms with Gasteiger partial charge in [-0.1, -0.05) is 6.07 Å².